The minimum Gasteiger partial charge on any atom is -0.363 e. The summed E-state index contributed by atoms with van der Waals surface area (Å²) in [4.78, 5) is 14.2. The lowest BCUT2D eigenvalue weighted by Crippen LogP contribution is -2.49. The second-order valence-corrected chi connectivity index (χ2v) is 5.30. The molecule has 0 aromatic heterocycles. The largest absolute Gasteiger partial charge is 0.363 e. The van der Waals surface area contributed by atoms with Crippen molar-refractivity contribution in [2.24, 2.45) is 0 Å². The van der Waals surface area contributed by atoms with Crippen molar-refractivity contribution in [3.63, 3.8) is 0 Å². The molecule has 0 spiro atoms. The summed E-state index contributed by atoms with van der Waals surface area (Å²) >= 11 is 0. The molecular formula is C16H21N3O. The van der Waals surface area contributed by atoms with Gasteiger partial charge in [0, 0.05) is 12.2 Å². The highest BCUT2D eigenvalue weighted by Gasteiger charge is 2.35. The van der Waals surface area contributed by atoms with E-state index in [-0.39, 0.29) is 5.91 Å². The Morgan fingerprint density at radius 2 is 2.00 bits per heavy atom. The van der Waals surface area contributed by atoms with Gasteiger partial charge in [-0.2, -0.15) is 5.26 Å². The lowest BCUT2D eigenvalue weighted by Gasteiger charge is -2.26. The summed E-state index contributed by atoms with van der Waals surface area (Å²) in [7, 11) is 0. The number of benzene rings is 1. The van der Waals surface area contributed by atoms with Gasteiger partial charge < -0.3 is 10.2 Å². The van der Waals surface area contributed by atoms with Crippen LogP contribution in [0.25, 0.3) is 0 Å². The molecule has 1 saturated carbocycles. The van der Waals surface area contributed by atoms with Crippen molar-refractivity contribution in [3.05, 3.63) is 30.3 Å². The van der Waals surface area contributed by atoms with Crippen LogP contribution in [0, 0.1) is 11.3 Å². The SMILES string of the molecule is CCN(CC(=O)NC1(C#N)CCCC1)c1ccccc1. The van der Waals surface area contributed by atoms with E-state index >= 15 is 0 Å². The molecule has 1 fully saturated rings. The fourth-order valence-electron chi connectivity index (χ4n) is 2.75. The molecule has 0 atom stereocenters. The topological polar surface area (TPSA) is 56.1 Å². The number of hydrogen-bond donors (Lipinski definition) is 1. The van der Waals surface area contributed by atoms with Crippen molar-refractivity contribution in [3.8, 4) is 6.07 Å². The summed E-state index contributed by atoms with van der Waals surface area (Å²) in [5, 5.41) is 12.2. The second-order valence-electron chi connectivity index (χ2n) is 5.30. The van der Waals surface area contributed by atoms with Gasteiger partial charge >= 0.3 is 0 Å². The predicted octanol–water partition coefficient (Wildman–Crippen LogP) is 2.47. The van der Waals surface area contributed by atoms with Gasteiger partial charge in [0.05, 0.1) is 12.6 Å². The molecule has 1 N–H and O–H groups in total. The molecule has 20 heavy (non-hydrogen) atoms. The van der Waals surface area contributed by atoms with Gasteiger partial charge in [-0.1, -0.05) is 18.2 Å². The Labute approximate surface area is 120 Å². The van der Waals surface area contributed by atoms with Gasteiger partial charge in [0.15, 0.2) is 0 Å². The summed E-state index contributed by atoms with van der Waals surface area (Å²) in [6, 6.07) is 12.2. The Morgan fingerprint density at radius 3 is 2.55 bits per heavy atom. The fraction of sp³-hybridized carbons (Fsp3) is 0.500. The molecule has 1 aliphatic rings. The van der Waals surface area contributed by atoms with E-state index in [2.05, 4.69) is 11.4 Å². The molecular weight excluding hydrogens is 250 g/mol. The molecule has 0 saturated heterocycles. The zero-order valence-corrected chi connectivity index (χ0v) is 11.9. The Morgan fingerprint density at radius 1 is 1.35 bits per heavy atom. The quantitative estimate of drug-likeness (QED) is 0.895. The van der Waals surface area contributed by atoms with E-state index in [1.165, 1.54) is 0 Å². The van der Waals surface area contributed by atoms with Crippen molar-refractivity contribution in [1.82, 2.24) is 5.32 Å². The highest BCUT2D eigenvalue weighted by molar-refractivity contribution is 5.82. The molecule has 106 valence electrons. The van der Waals surface area contributed by atoms with Crippen LogP contribution in [0.15, 0.2) is 30.3 Å². The van der Waals surface area contributed by atoms with Crippen molar-refractivity contribution >= 4 is 11.6 Å². The number of likely N-dealkylation sites (N-methyl/N-ethyl adjacent to an activating group) is 1. The van der Waals surface area contributed by atoms with Crippen LogP contribution in [0.5, 0.6) is 0 Å². The number of carbonyl (C=O) groups excluding carboxylic acids is 1. The number of nitriles is 1. The normalized spacial score (nSPS) is 16.4. The van der Waals surface area contributed by atoms with Gasteiger partial charge in [-0.3, -0.25) is 4.79 Å². The monoisotopic (exact) mass is 271 g/mol. The average molecular weight is 271 g/mol. The molecule has 0 bridgehead atoms. The van der Waals surface area contributed by atoms with Crippen molar-refractivity contribution < 1.29 is 4.79 Å². The standard InChI is InChI=1S/C16H21N3O/c1-2-19(14-8-4-3-5-9-14)12-15(20)18-16(13-17)10-6-7-11-16/h3-5,8-9H,2,6-7,10-12H2,1H3,(H,18,20). The molecule has 2 rings (SSSR count). The van der Waals surface area contributed by atoms with Gasteiger partial charge in [0.2, 0.25) is 5.91 Å². The van der Waals surface area contributed by atoms with Gasteiger partial charge in [0.1, 0.15) is 5.54 Å². The first-order valence-corrected chi connectivity index (χ1v) is 7.21. The number of amides is 1. The lowest BCUT2D eigenvalue weighted by atomic mass is 10.00. The number of carbonyl (C=O) groups is 1. The first-order valence-electron chi connectivity index (χ1n) is 7.21. The molecule has 0 heterocycles. The second kappa shape index (κ2) is 6.42. The van der Waals surface area contributed by atoms with Crippen LogP contribution in [0.3, 0.4) is 0 Å². The van der Waals surface area contributed by atoms with Crippen LogP contribution < -0.4 is 10.2 Å². The van der Waals surface area contributed by atoms with Crippen molar-refractivity contribution in [2.75, 3.05) is 18.0 Å². The van der Waals surface area contributed by atoms with Gasteiger partial charge in [-0.15, -0.1) is 0 Å². The summed E-state index contributed by atoms with van der Waals surface area (Å²) in [5.41, 5.74) is 0.398. The molecule has 0 aliphatic heterocycles. The highest BCUT2D eigenvalue weighted by Crippen LogP contribution is 2.28. The Balaban J connectivity index is 1.98. The molecule has 4 nitrogen and oxygen atoms in total. The van der Waals surface area contributed by atoms with E-state index in [1.54, 1.807) is 0 Å². The Hall–Kier alpha value is -2.02. The van der Waals surface area contributed by atoms with Crippen LogP contribution in [-0.4, -0.2) is 24.5 Å². The minimum atomic E-state index is -0.632. The third-order valence-electron chi connectivity index (χ3n) is 3.89. The predicted molar refractivity (Wildman–Crippen MR) is 79.3 cm³/mol. The van der Waals surface area contributed by atoms with E-state index in [0.29, 0.717) is 6.54 Å². The van der Waals surface area contributed by atoms with E-state index in [0.717, 1.165) is 37.9 Å². The number of nitrogens with zero attached hydrogens (tertiary/aromatic N) is 2. The zero-order valence-electron chi connectivity index (χ0n) is 11.9. The van der Waals surface area contributed by atoms with Gasteiger partial charge in [-0.05, 0) is 44.7 Å². The first-order chi connectivity index (χ1) is 9.69. The number of anilines is 1. The fourth-order valence-corrected chi connectivity index (χ4v) is 2.75. The lowest BCUT2D eigenvalue weighted by molar-refractivity contribution is -0.121. The molecule has 0 radical (unpaired) electrons. The van der Waals surface area contributed by atoms with Crippen LogP contribution in [-0.2, 0) is 4.79 Å². The molecule has 1 aromatic rings. The van der Waals surface area contributed by atoms with E-state index in [4.69, 9.17) is 0 Å². The minimum absolute atomic E-state index is 0.0702. The number of nitrogens with one attached hydrogen (secondary N) is 1. The molecule has 1 aliphatic carbocycles. The van der Waals surface area contributed by atoms with Crippen molar-refractivity contribution in [2.45, 2.75) is 38.1 Å². The van der Waals surface area contributed by atoms with Gasteiger partial charge in [0.25, 0.3) is 0 Å². The maximum atomic E-state index is 12.2. The zero-order chi connectivity index (χ0) is 14.4. The maximum Gasteiger partial charge on any atom is 0.240 e. The third kappa shape index (κ3) is 3.30. The Kier molecular flexibility index (Phi) is 4.62. The van der Waals surface area contributed by atoms with E-state index < -0.39 is 5.54 Å². The first kappa shape index (κ1) is 14.4. The smallest absolute Gasteiger partial charge is 0.240 e. The van der Waals surface area contributed by atoms with Crippen LogP contribution in [0.2, 0.25) is 0 Å². The van der Waals surface area contributed by atoms with Crippen LogP contribution in [0.4, 0.5) is 5.69 Å². The average Bonchev–Trinajstić information content (AvgIpc) is 2.94. The van der Waals surface area contributed by atoms with E-state index in [9.17, 15) is 10.1 Å². The molecule has 4 heteroatoms. The van der Waals surface area contributed by atoms with Crippen LogP contribution >= 0.6 is 0 Å². The number of rotatable bonds is 5. The van der Waals surface area contributed by atoms with Crippen LogP contribution in [0.1, 0.15) is 32.6 Å². The molecule has 1 aromatic carbocycles. The molecule has 0 unspecified atom stereocenters. The summed E-state index contributed by atoms with van der Waals surface area (Å²) in [5.74, 6) is -0.0702. The summed E-state index contributed by atoms with van der Waals surface area (Å²) in [6.07, 6.45) is 3.58. The summed E-state index contributed by atoms with van der Waals surface area (Å²) in [6.45, 7) is 3.08. The third-order valence-corrected chi connectivity index (χ3v) is 3.89. The summed E-state index contributed by atoms with van der Waals surface area (Å²) < 4.78 is 0. The Bertz CT molecular complexity index is 486. The molecule has 1 amide bonds. The van der Waals surface area contributed by atoms with E-state index in [1.807, 2.05) is 42.2 Å². The van der Waals surface area contributed by atoms with Gasteiger partial charge in [-0.25, -0.2) is 0 Å². The number of para-hydroxylation sites is 1. The number of hydrogen-bond acceptors (Lipinski definition) is 3. The highest BCUT2D eigenvalue weighted by atomic mass is 16.2. The van der Waals surface area contributed by atoms with Crippen molar-refractivity contribution in [1.29, 1.82) is 5.26 Å². The maximum absolute atomic E-state index is 12.2.